The molecule has 0 fully saturated rings. The maximum atomic E-state index is 12.4. The molecule has 1 N–H and O–H groups in total. The predicted molar refractivity (Wildman–Crippen MR) is 84.0 cm³/mol. The van der Waals surface area contributed by atoms with Crippen LogP contribution >= 0.6 is 0 Å². The van der Waals surface area contributed by atoms with Gasteiger partial charge >= 0.3 is 0 Å². The number of nitrogens with zero attached hydrogens (tertiary/aromatic N) is 4. The molecule has 3 rings (SSSR count). The molecule has 1 amide bonds. The lowest BCUT2D eigenvalue weighted by atomic mass is 10.2. The monoisotopic (exact) mass is 311 g/mol. The summed E-state index contributed by atoms with van der Waals surface area (Å²) in [5.74, 6) is -0.332. The number of carbonyl (C=O) groups is 1. The second kappa shape index (κ2) is 5.84. The number of carbonyl (C=O) groups excluding carboxylic acids is 1. The lowest BCUT2D eigenvalue weighted by molar-refractivity contribution is -0.384. The van der Waals surface area contributed by atoms with Crippen molar-refractivity contribution in [1.82, 2.24) is 15.0 Å². The fourth-order valence-corrected chi connectivity index (χ4v) is 2.23. The summed E-state index contributed by atoms with van der Waals surface area (Å²) in [6, 6.07) is 12.5. The number of non-ortho nitro benzene ring substituents is 1. The first-order valence-corrected chi connectivity index (χ1v) is 6.91. The van der Waals surface area contributed by atoms with E-state index in [4.69, 9.17) is 0 Å². The number of hydrogen-bond donors (Lipinski definition) is 1. The van der Waals surface area contributed by atoms with E-state index in [1.807, 2.05) is 24.3 Å². The van der Waals surface area contributed by atoms with Crippen LogP contribution in [0.15, 0.2) is 48.5 Å². The zero-order valence-electron chi connectivity index (χ0n) is 12.2. The van der Waals surface area contributed by atoms with Gasteiger partial charge in [0.1, 0.15) is 11.6 Å². The average Bonchev–Trinajstić information content (AvgIpc) is 2.98. The molecule has 0 spiro atoms. The Labute approximate surface area is 130 Å². The van der Waals surface area contributed by atoms with E-state index in [1.54, 1.807) is 13.0 Å². The van der Waals surface area contributed by atoms with Gasteiger partial charge in [-0.3, -0.25) is 14.9 Å². The molecular formula is C15H13N5O3. The number of aromatic nitrogens is 3. The average molecular weight is 311 g/mol. The van der Waals surface area contributed by atoms with E-state index in [1.165, 1.54) is 22.9 Å². The van der Waals surface area contributed by atoms with E-state index in [2.05, 4.69) is 15.6 Å². The Morgan fingerprint density at radius 1 is 1.26 bits per heavy atom. The molecule has 0 bridgehead atoms. The Bertz CT molecular complexity index is 889. The Balaban J connectivity index is 1.83. The van der Waals surface area contributed by atoms with Crippen molar-refractivity contribution in [2.75, 3.05) is 5.32 Å². The second-order valence-electron chi connectivity index (χ2n) is 5.00. The minimum atomic E-state index is -0.610. The van der Waals surface area contributed by atoms with Crippen molar-refractivity contribution >= 4 is 28.3 Å². The van der Waals surface area contributed by atoms with Gasteiger partial charge in [-0.2, -0.15) is 0 Å². The van der Waals surface area contributed by atoms with Crippen LogP contribution in [0.2, 0.25) is 0 Å². The van der Waals surface area contributed by atoms with Gasteiger partial charge in [0, 0.05) is 17.8 Å². The van der Waals surface area contributed by atoms with Crippen molar-refractivity contribution in [1.29, 1.82) is 0 Å². The van der Waals surface area contributed by atoms with Crippen LogP contribution < -0.4 is 5.32 Å². The third-order valence-corrected chi connectivity index (χ3v) is 3.45. The number of nitro groups is 1. The molecule has 0 saturated heterocycles. The summed E-state index contributed by atoms with van der Waals surface area (Å²) in [7, 11) is 0. The second-order valence-corrected chi connectivity index (χ2v) is 5.00. The molecule has 8 nitrogen and oxygen atoms in total. The molecular weight excluding hydrogens is 298 g/mol. The van der Waals surface area contributed by atoms with Gasteiger partial charge in [-0.15, -0.1) is 5.10 Å². The Hall–Kier alpha value is -3.29. The predicted octanol–water partition coefficient (Wildman–Crippen LogP) is 2.54. The number of benzene rings is 2. The number of para-hydroxylation sites is 1. The molecule has 116 valence electrons. The summed E-state index contributed by atoms with van der Waals surface area (Å²) in [6.45, 7) is 1.69. The first-order valence-electron chi connectivity index (χ1n) is 6.91. The molecule has 0 aliphatic carbocycles. The Morgan fingerprint density at radius 3 is 2.83 bits per heavy atom. The highest BCUT2D eigenvalue weighted by Crippen LogP contribution is 2.20. The standard InChI is InChI=1S/C15H13N5O3/c1-10(19-14-8-3-2-7-13(14)17-18-19)15(21)16-11-5-4-6-12(9-11)20(22)23/h2-10H,1H3,(H,16,21)/t10-/m0/s1. The van der Waals surface area contributed by atoms with E-state index in [-0.39, 0.29) is 11.6 Å². The van der Waals surface area contributed by atoms with Crippen LogP contribution in [-0.4, -0.2) is 25.8 Å². The lowest BCUT2D eigenvalue weighted by Crippen LogP contribution is -2.24. The molecule has 0 aliphatic heterocycles. The van der Waals surface area contributed by atoms with Gasteiger partial charge in [-0.25, -0.2) is 4.68 Å². The molecule has 3 aromatic rings. The highest BCUT2D eigenvalue weighted by molar-refractivity contribution is 5.94. The number of amides is 1. The highest BCUT2D eigenvalue weighted by Gasteiger charge is 2.19. The molecule has 1 heterocycles. The minimum absolute atomic E-state index is 0.0818. The van der Waals surface area contributed by atoms with E-state index in [0.717, 1.165) is 5.52 Å². The quantitative estimate of drug-likeness (QED) is 0.589. The zero-order chi connectivity index (χ0) is 16.4. The van der Waals surface area contributed by atoms with Gasteiger partial charge in [-0.1, -0.05) is 23.4 Å². The van der Waals surface area contributed by atoms with Crippen molar-refractivity contribution in [2.45, 2.75) is 13.0 Å². The number of hydrogen-bond acceptors (Lipinski definition) is 5. The number of nitrogens with one attached hydrogen (secondary N) is 1. The van der Waals surface area contributed by atoms with Crippen LogP contribution in [0, 0.1) is 10.1 Å². The minimum Gasteiger partial charge on any atom is -0.324 e. The molecule has 0 radical (unpaired) electrons. The van der Waals surface area contributed by atoms with Gasteiger partial charge in [-0.05, 0) is 25.1 Å². The molecule has 23 heavy (non-hydrogen) atoms. The number of rotatable bonds is 4. The molecule has 2 aromatic carbocycles. The highest BCUT2D eigenvalue weighted by atomic mass is 16.6. The van der Waals surface area contributed by atoms with E-state index < -0.39 is 11.0 Å². The zero-order valence-corrected chi connectivity index (χ0v) is 12.2. The summed E-state index contributed by atoms with van der Waals surface area (Å²) in [6.07, 6.45) is 0. The number of nitro benzene ring substituents is 1. The van der Waals surface area contributed by atoms with Crippen molar-refractivity contribution in [3.05, 3.63) is 58.6 Å². The van der Waals surface area contributed by atoms with E-state index >= 15 is 0 Å². The van der Waals surface area contributed by atoms with Crippen LogP contribution in [0.25, 0.3) is 11.0 Å². The first kappa shape index (κ1) is 14.6. The van der Waals surface area contributed by atoms with Gasteiger partial charge in [0.2, 0.25) is 5.91 Å². The number of anilines is 1. The van der Waals surface area contributed by atoms with Crippen molar-refractivity contribution in [2.24, 2.45) is 0 Å². The van der Waals surface area contributed by atoms with Crippen LogP contribution in [0.1, 0.15) is 13.0 Å². The lowest BCUT2D eigenvalue weighted by Gasteiger charge is -2.13. The molecule has 1 aromatic heterocycles. The summed E-state index contributed by atoms with van der Waals surface area (Å²) in [4.78, 5) is 22.6. The summed E-state index contributed by atoms with van der Waals surface area (Å²) in [5, 5.41) is 21.4. The van der Waals surface area contributed by atoms with Gasteiger partial charge in [0.25, 0.3) is 5.69 Å². The van der Waals surface area contributed by atoms with Gasteiger partial charge in [0.05, 0.1) is 10.4 Å². The van der Waals surface area contributed by atoms with Gasteiger partial charge in [0.15, 0.2) is 0 Å². The van der Waals surface area contributed by atoms with E-state index in [0.29, 0.717) is 11.2 Å². The van der Waals surface area contributed by atoms with Crippen LogP contribution in [0.4, 0.5) is 11.4 Å². The fourth-order valence-electron chi connectivity index (χ4n) is 2.23. The molecule has 8 heteroatoms. The van der Waals surface area contributed by atoms with Crippen LogP contribution in [0.5, 0.6) is 0 Å². The maximum absolute atomic E-state index is 12.4. The summed E-state index contributed by atoms with van der Waals surface area (Å²) < 4.78 is 1.52. The third kappa shape index (κ3) is 2.86. The van der Waals surface area contributed by atoms with E-state index in [9.17, 15) is 14.9 Å². The molecule has 0 unspecified atom stereocenters. The van der Waals surface area contributed by atoms with Crippen molar-refractivity contribution in [3.8, 4) is 0 Å². The Morgan fingerprint density at radius 2 is 2.04 bits per heavy atom. The van der Waals surface area contributed by atoms with Crippen molar-refractivity contribution < 1.29 is 9.72 Å². The largest absolute Gasteiger partial charge is 0.324 e. The SMILES string of the molecule is C[C@@H](C(=O)Nc1cccc([N+](=O)[O-])c1)n1nnc2ccccc21. The van der Waals surface area contributed by atoms with Crippen LogP contribution in [-0.2, 0) is 4.79 Å². The maximum Gasteiger partial charge on any atom is 0.271 e. The van der Waals surface area contributed by atoms with Crippen molar-refractivity contribution in [3.63, 3.8) is 0 Å². The first-order chi connectivity index (χ1) is 11.1. The Kier molecular flexibility index (Phi) is 3.71. The fraction of sp³-hybridized carbons (Fsp3) is 0.133. The smallest absolute Gasteiger partial charge is 0.271 e. The summed E-state index contributed by atoms with van der Waals surface area (Å²) >= 11 is 0. The summed E-state index contributed by atoms with van der Waals surface area (Å²) in [5.41, 5.74) is 1.72. The molecule has 0 aliphatic rings. The molecule has 0 saturated carbocycles. The van der Waals surface area contributed by atoms with Crippen LogP contribution in [0.3, 0.4) is 0 Å². The topological polar surface area (TPSA) is 103 Å². The molecule has 1 atom stereocenters. The number of fused-ring (bicyclic) bond motifs is 1. The normalized spacial score (nSPS) is 12.0. The van der Waals surface area contributed by atoms with Gasteiger partial charge < -0.3 is 5.32 Å². The third-order valence-electron chi connectivity index (χ3n) is 3.45.